The molecule has 0 aromatic rings. The van der Waals surface area contributed by atoms with Crippen molar-refractivity contribution in [2.75, 3.05) is 6.54 Å². The molecule has 1 aliphatic heterocycles. The summed E-state index contributed by atoms with van der Waals surface area (Å²) in [5.74, 6) is -0.949. The van der Waals surface area contributed by atoms with Gasteiger partial charge in [0.05, 0.1) is 0 Å². The number of nitrogens with one attached hydrogen (secondary N) is 2. The number of unbranched alkanes of at least 4 members (excludes halogenated alkanes) is 3. The number of carboxylic acid groups (broad SMARTS) is 1. The molecule has 3 N–H and O–H groups in total. The van der Waals surface area contributed by atoms with Crippen LogP contribution >= 0.6 is 0 Å². The second kappa shape index (κ2) is 7.68. The Hall–Kier alpha value is -1.59. The Morgan fingerprint density at radius 1 is 1.28 bits per heavy atom. The molecule has 0 spiro atoms. The Morgan fingerprint density at radius 2 is 2.00 bits per heavy atom. The van der Waals surface area contributed by atoms with Crippen molar-refractivity contribution in [2.24, 2.45) is 0 Å². The van der Waals surface area contributed by atoms with E-state index in [1.54, 1.807) is 0 Å². The summed E-state index contributed by atoms with van der Waals surface area (Å²) in [5.41, 5.74) is 0. The van der Waals surface area contributed by atoms with Gasteiger partial charge in [0.2, 0.25) is 11.8 Å². The molecule has 0 aromatic carbocycles. The predicted molar refractivity (Wildman–Crippen MR) is 64.9 cm³/mol. The van der Waals surface area contributed by atoms with Crippen molar-refractivity contribution in [3.05, 3.63) is 0 Å². The first-order valence-corrected chi connectivity index (χ1v) is 6.38. The first kappa shape index (κ1) is 14.5. The zero-order valence-corrected chi connectivity index (χ0v) is 10.4. The first-order valence-electron chi connectivity index (χ1n) is 6.38. The molecule has 1 atom stereocenters. The Kier molecular flexibility index (Phi) is 6.18. The van der Waals surface area contributed by atoms with E-state index in [2.05, 4.69) is 10.6 Å². The number of hydrogen-bond donors (Lipinski definition) is 3. The largest absolute Gasteiger partial charge is 0.481 e. The fraction of sp³-hybridized carbons (Fsp3) is 0.750. The first-order chi connectivity index (χ1) is 8.59. The summed E-state index contributed by atoms with van der Waals surface area (Å²) >= 11 is 0. The summed E-state index contributed by atoms with van der Waals surface area (Å²) in [6.07, 6.45) is 4.50. The van der Waals surface area contributed by atoms with Crippen molar-refractivity contribution < 1.29 is 19.5 Å². The van der Waals surface area contributed by atoms with E-state index < -0.39 is 5.97 Å². The zero-order valence-electron chi connectivity index (χ0n) is 10.4. The maximum atomic E-state index is 11.6. The summed E-state index contributed by atoms with van der Waals surface area (Å²) in [5, 5.41) is 13.8. The molecule has 18 heavy (non-hydrogen) atoms. The molecular weight excluding hydrogens is 236 g/mol. The van der Waals surface area contributed by atoms with E-state index in [9.17, 15) is 14.4 Å². The molecule has 0 saturated carbocycles. The third-order valence-electron chi connectivity index (χ3n) is 2.93. The smallest absolute Gasteiger partial charge is 0.303 e. The normalized spacial score (nSPS) is 18.4. The molecule has 6 nitrogen and oxygen atoms in total. The van der Waals surface area contributed by atoms with Crippen molar-refractivity contribution in [2.45, 2.75) is 51.0 Å². The number of aliphatic carboxylic acids is 1. The highest BCUT2D eigenvalue weighted by Crippen LogP contribution is 2.06. The minimum atomic E-state index is -0.764. The summed E-state index contributed by atoms with van der Waals surface area (Å²) < 4.78 is 0. The lowest BCUT2D eigenvalue weighted by atomic mass is 10.1. The van der Waals surface area contributed by atoms with Gasteiger partial charge in [0.1, 0.15) is 6.04 Å². The number of carboxylic acids is 1. The van der Waals surface area contributed by atoms with Gasteiger partial charge in [-0.25, -0.2) is 0 Å². The lowest BCUT2D eigenvalue weighted by molar-refractivity contribution is -0.137. The van der Waals surface area contributed by atoms with Crippen LogP contribution in [0.25, 0.3) is 0 Å². The molecule has 1 heterocycles. The van der Waals surface area contributed by atoms with Crippen LogP contribution in [-0.4, -0.2) is 35.5 Å². The fourth-order valence-corrected chi connectivity index (χ4v) is 1.90. The van der Waals surface area contributed by atoms with Gasteiger partial charge in [-0.2, -0.15) is 0 Å². The van der Waals surface area contributed by atoms with Gasteiger partial charge in [0.15, 0.2) is 0 Å². The van der Waals surface area contributed by atoms with Crippen LogP contribution in [0.15, 0.2) is 0 Å². The van der Waals surface area contributed by atoms with Crippen LogP contribution in [0.1, 0.15) is 44.9 Å². The van der Waals surface area contributed by atoms with E-state index in [4.69, 9.17) is 5.11 Å². The molecule has 0 bridgehead atoms. The number of carbonyl (C=O) groups is 3. The number of amides is 2. The molecule has 1 fully saturated rings. The summed E-state index contributed by atoms with van der Waals surface area (Å²) in [6.45, 7) is 0.582. The highest BCUT2D eigenvalue weighted by atomic mass is 16.4. The number of carbonyl (C=O) groups excluding carboxylic acids is 2. The Balaban J connectivity index is 1.96. The van der Waals surface area contributed by atoms with E-state index in [-0.39, 0.29) is 24.3 Å². The molecule has 0 radical (unpaired) electrons. The van der Waals surface area contributed by atoms with Gasteiger partial charge in [0, 0.05) is 19.4 Å². The van der Waals surface area contributed by atoms with Crippen molar-refractivity contribution in [1.29, 1.82) is 0 Å². The van der Waals surface area contributed by atoms with Crippen LogP contribution in [-0.2, 0) is 14.4 Å². The third kappa shape index (κ3) is 5.65. The molecule has 0 unspecified atom stereocenters. The quantitative estimate of drug-likeness (QED) is 0.548. The van der Waals surface area contributed by atoms with E-state index in [1.165, 1.54) is 0 Å². The minimum absolute atomic E-state index is 0.0659. The van der Waals surface area contributed by atoms with E-state index in [1.807, 2.05) is 0 Å². The Morgan fingerprint density at radius 3 is 2.61 bits per heavy atom. The third-order valence-corrected chi connectivity index (χ3v) is 2.93. The molecule has 1 aliphatic rings. The highest BCUT2D eigenvalue weighted by molar-refractivity contribution is 5.90. The molecule has 0 aromatic heterocycles. The lowest BCUT2D eigenvalue weighted by Gasteiger charge is -2.10. The predicted octanol–water partition coefficient (Wildman–Crippen LogP) is 0.416. The van der Waals surface area contributed by atoms with Crippen LogP contribution in [0.3, 0.4) is 0 Å². The van der Waals surface area contributed by atoms with Crippen LogP contribution in [0.5, 0.6) is 0 Å². The van der Waals surface area contributed by atoms with Crippen molar-refractivity contribution in [3.63, 3.8) is 0 Å². The van der Waals surface area contributed by atoms with E-state index in [0.717, 1.165) is 19.3 Å². The van der Waals surface area contributed by atoms with Crippen LogP contribution < -0.4 is 10.6 Å². The minimum Gasteiger partial charge on any atom is -0.481 e. The van der Waals surface area contributed by atoms with Crippen LogP contribution in [0.2, 0.25) is 0 Å². The molecule has 1 rings (SSSR count). The number of hydrogen-bond acceptors (Lipinski definition) is 3. The van der Waals surface area contributed by atoms with E-state index >= 15 is 0 Å². The topological polar surface area (TPSA) is 95.5 Å². The summed E-state index contributed by atoms with van der Waals surface area (Å²) in [7, 11) is 0. The molecule has 0 aliphatic carbocycles. The summed E-state index contributed by atoms with van der Waals surface area (Å²) in [4.78, 5) is 32.7. The van der Waals surface area contributed by atoms with Gasteiger partial charge < -0.3 is 15.7 Å². The van der Waals surface area contributed by atoms with Crippen molar-refractivity contribution in [3.8, 4) is 0 Å². The maximum Gasteiger partial charge on any atom is 0.303 e. The molecule has 1 saturated heterocycles. The van der Waals surface area contributed by atoms with Gasteiger partial charge in [-0.05, 0) is 19.3 Å². The van der Waals surface area contributed by atoms with Gasteiger partial charge in [0.25, 0.3) is 0 Å². The van der Waals surface area contributed by atoms with Gasteiger partial charge in [-0.1, -0.05) is 12.8 Å². The monoisotopic (exact) mass is 256 g/mol. The molecule has 102 valence electrons. The Bertz CT molecular complexity index is 317. The maximum absolute atomic E-state index is 11.6. The Labute approximate surface area is 106 Å². The van der Waals surface area contributed by atoms with Crippen LogP contribution in [0.4, 0.5) is 0 Å². The second-order valence-corrected chi connectivity index (χ2v) is 4.51. The van der Waals surface area contributed by atoms with Crippen LogP contribution in [0, 0.1) is 0 Å². The standard InChI is InChI=1S/C12H20N2O4/c15-10-7-6-9(14-10)12(18)13-8-4-2-1-3-5-11(16)17/h9H,1-8H2,(H,13,18)(H,14,15)(H,16,17)/t9-/m0/s1. The average molecular weight is 256 g/mol. The lowest BCUT2D eigenvalue weighted by Crippen LogP contribution is -2.41. The zero-order chi connectivity index (χ0) is 13.4. The van der Waals surface area contributed by atoms with Crippen molar-refractivity contribution >= 4 is 17.8 Å². The van der Waals surface area contributed by atoms with Crippen molar-refractivity contribution in [1.82, 2.24) is 10.6 Å². The van der Waals surface area contributed by atoms with Gasteiger partial charge >= 0.3 is 5.97 Å². The molecule has 6 heteroatoms. The van der Waals surface area contributed by atoms with Gasteiger partial charge in [-0.3, -0.25) is 14.4 Å². The SMILES string of the molecule is O=C(O)CCCCCCNC(=O)[C@@H]1CCC(=O)N1. The molecular formula is C12H20N2O4. The second-order valence-electron chi connectivity index (χ2n) is 4.51. The molecule has 2 amide bonds. The highest BCUT2D eigenvalue weighted by Gasteiger charge is 2.26. The van der Waals surface area contributed by atoms with E-state index in [0.29, 0.717) is 25.8 Å². The fourth-order valence-electron chi connectivity index (χ4n) is 1.90. The van der Waals surface area contributed by atoms with Gasteiger partial charge in [-0.15, -0.1) is 0 Å². The summed E-state index contributed by atoms with van der Waals surface area (Å²) in [6, 6.07) is -0.371. The average Bonchev–Trinajstić information content (AvgIpc) is 2.74. The number of rotatable bonds is 8.